The smallest absolute Gasteiger partial charge is 0.329 e. The quantitative estimate of drug-likeness (QED) is 0.819. The van der Waals surface area contributed by atoms with Crippen LogP contribution in [0.3, 0.4) is 0 Å². The van der Waals surface area contributed by atoms with Gasteiger partial charge in [0.25, 0.3) is 0 Å². The van der Waals surface area contributed by atoms with Gasteiger partial charge in [-0.05, 0) is 32.6 Å². The number of urea groups is 1. The minimum absolute atomic E-state index is 0.121. The van der Waals surface area contributed by atoms with Gasteiger partial charge >= 0.3 is 12.0 Å². The standard InChI is InChI=1S/C13H22N2O3/c1-13(11(16)17)8-5-9-15(13)12(18)14(2)10-6-3-4-7-10/h10H,3-9H2,1-2H3,(H,16,17). The normalized spacial score (nSPS) is 28.7. The molecule has 1 heterocycles. The maximum atomic E-state index is 12.4. The zero-order valence-corrected chi connectivity index (χ0v) is 11.2. The van der Waals surface area contributed by atoms with Crippen molar-refractivity contribution in [1.82, 2.24) is 9.80 Å². The van der Waals surface area contributed by atoms with Gasteiger partial charge in [0.15, 0.2) is 0 Å². The van der Waals surface area contributed by atoms with Crippen molar-refractivity contribution in [2.24, 2.45) is 0 Å². The van der Waals surface area contributed by atoms with E-state index in [2.05, 4.69) is 0 Å². The number of carboxylic acid groups (broad SMARTS) is 1. The van der Waals surface area contributed by atoms with Crippen LogP contribution in [0.25, 0.3) is 0 Å². The first-order valence-corrected chi connectivity index (χ1v) is 6.74. The van der Waals surface area contributed by atoms with E-state index in [1.165, 1.54) is 17.7 Å². The lowest BCUT2D eigenvalue weighted by molar-refractivity contribution is -0.147. The third kappa shape index (κ3) is 2.06. The maximum absolute atomic E-state index is 12.4. The van der Waals surface area contributed by atoms with E-state index in [4.69, 9.17) is 0 Å². The summed E-state index contributed by atoms with van der Waals surface area (Å²) in [5.41, 5.74) is -1.02. The van der Waals surface area contributed by atoms with Crippen molar-refractivity contribution in [3.05, 3.63) is 0 Å². The van der Waals surface area contributed by atoms with Crippen molar-refractivity contribution in [2.75, 3.05) is 13.6 Å². The first kappa shape index (κ1) is 13.2. The average Bonchev–Trinajstić information content (AvgIpc) is 2.96. The molecule has 1 aliphatic heterocycles. The topological polar surface area (TPSA) is 60.9 Å². The molecule has 1 unspecified atom stereocenters. The maximum Gasteiger partial charge on any atom is 0.329 e. The molecule has 18 heavy (non-hydrogen) atoms. The van der Waals surface area contributed by atoms with Crippen molar-refractivity contribution in [3.8, 4) is 0 Å². The fraction of sp³-hybridized carbons (Fsp3) is 0.846. The highest BCUT2D eigenvalue weighted by atomic mass is 16.4. The zero-order valence-electron chi connectivity index (χ0n) is 11.2. The van der Waals surface area contributed by atoms with Gasteiger partial charge in [0.05, 0.1) is 0 Å². The highest BCUT2D eigenvalue weighted by molar-refractivity contribution is 5.86. The monoisotopic (exact) mass is 254 g/mol. The number of carbonyl (C=O) groups excluding carboxylic acids is 1. The number of hydrogen-bond acceptors (Lipinski definition) is 2. The lowest BCUT2D eigenvalue weighted by Crippen LogP contribution is -2.55. The van der Waals surface area contributed by atoms with Crippen LogP contribution < -0.4 is 0 Å². The van der Waals surface area contributed by atoms with Crippen molar-refractivity contribution in [2.45, 2.75) is 57.0 Å². The Bertz CT molecular complexity index is 352. The number of rotatable bonds is 2. The van der Waals surface area contributed by atoms with Gasteiger partial charge in [-0.3, -0.25) is 0 Å². The van der Waals surface area contributed by atoms with Crippen molar-refractivity contribution < 1.29 is 14.7 Å². The van der Waals surface area contributed by atoms with Crippen LogP contribution in [-0.2, 0) is 4.79 Å². The van der Waals surface area contributed by atoms with E-state index >= 15 is 0 Å². The third-order valence-corrected chi connectivity index (χ3v) is 4.51. The molecular formula is C13H22N2O3. The molecule has 102 valence electrons. The highest BCUT2D eigenvalue weighted by Crippen LogP contribution is 2.32. The Balaban J connectivity index is 2.10. The molecule has 0 aromatic carbocycles. The Morgan fingerprint density at radius 3 is 2.44 bits per heavy atom. The van der Waals surface area contributed by atoms with Crippen LogP contribution in [0.5, 0.6) is 0 Å². The molecule has 0 bridgehead atoms. The molecule has 5 heteroatoms. The number of likely N-dealkylation sites (tertiary alicyclic amines) is 1. The molecule has 1 atom stereocenters. The Morgan fingerprint density at radius 1 is 1.28 bits per heavy atom. The van der Waals surface area contributed by atoms with Gasteiger partial charge in [-0.2, -0.15) is 0 Å². The second-order valence-corrected chi connectivity index (χ2v) is 5.67. The van der Waals surface area contributed by atoms with Crippen molar-refractivity contribution in [3.63, 3.8) is 0 Å². The minimum Gasteiger partial charge on any atom is -0.480 e. The number of carboxylic acids is 1. The minimum atomic E-state index is -1.02. The van der Waals surface area contributed by atoms with Gasteiger partial charge in [-0.15, -0.1) is 0 Å². The van der Waals surface area contributed by atoms with E-state index in [9.17, 15) is 14.7 Å². The number of hydrogen-bond donors (Lipinski definition) is 1. The Hall–Kier alpha value is -1.26. The summed E-state index contributed by atoms with van der Waals surface area (Å²) in [7, 11) is 1.80. The highest BCUT2D eigenvalue weighted by Gasteiger charge is 2.47. The second-order valence-electron chi connectivity index (χ2n) is 5.67. The summed E-state index contributed by atoms with van der Waals surface area (Å²) in [5.74, 6) is -0.895. The zero-order chi connectivity index (χ0) is 13.3. The van der Waals surface area contributed by atoms with Crippen LogP contribution in [0.1, 0.15) is 45.4 Å². The summed E-state index contributed by atoms with van der Waals surface area (Å²) in [6.07, 6.45) is 5.73. The summed E-state index contributed by atoms with van der Waals surface area (Å²) in [6, 6.07) is 0.167. The van der Waals surface area contributed by atoms with Gasteiger partial charge in [-0.25, -0.2) is 9.59 Å². The molecular weight excluding hydrogens is 232 g/mol. The molecule has 0 aromatic rings. The molecule has 0 spiro atoms. The lowest BCUT2D eigenvalue weighted by Gasteiger charge is -2.36. The van der Waals surface area contributed by atoms with Gasteiger partial charge in [0, 0.05) is 19.6 Å². The number of amides is 2. The molecule has 1 aliphatic carbocycles. The van der Waals surface area contributed by atoms with Crippen molar-refractivity contribution in [1.29, 1.82) is 0 Å². The SMILES string of the molecule is CN(C(=O)N1CCCC1(C)C(=O)O)C1CCCC1. The Kier molecular flexibility index (Phi) is 3.50. The first-order chi connectivity index (χ1) is 8.47. The summed E-state index contributed by atoms with van der Waals surface area (Å²) in [5, 5.41) is 9.33. The van der Waals surface area contributed by atoms with Crippen LogP contribution in [0.15, 0.2) is 0 Å². The molecule has 5 nitrogen and oxygen atoms in total. The molecule has 2 aliphatic rings. The van der Waals surface area contributed by atoms with Crippen LogP contribution >= 0.6 is 0 Å². The second kappa shape index (κ2) is 4.78. The summed E-state index contributed by atoms with van der Waals surface area (Å²) >= 11 is 0. The molecule has 0 aromatic heterocycles. The average molecular weight is 254 g/mol. The van der Waals surface area contributed by atoms with E-state index in [0.29, 0.717) is 13.0 Å². The number of nitrogens with zero attached hydrogens (tertiary/aromatic N) is 2. The number of carbonyl (C=O) groups is 2. The molecule has 2 rings (SSSR count). The van der Waals surface area contributed by atoms with Gasteiger partial charge < -0.3 is 14.9 Å². The number of aliphatic carboxylic acids is 1. The molecule has 0 radical (unpaired) electrons. The Morgan fingerprint density at radius 2 is 1.89 bits per heavy atom. The van der Waals surface area contributed by atoms with E-state index in [1.54, 1.807) is 18.9 Å². The van der Waals surface area contributed by atoms with Gasteiger partial charge in [-0.1, -0.05) is 12.8 Å². The molecule has 1 N–H and O–H groups in total. The van der Waals surface area contributed by atoms with E-state index < -0.39 is 11.5 Å². The first-order valence-electron chi connectivity index (χ1n) is 6.74. The largest absolute Gasteiger partial charge is 0.480 e. The Labute approximate surface area is 108 Å². The lowest BCUT2D eigenvalue weighted by atomic mass is 9.99. The van der Waals surface area contributed by atoms with E-state index in [0.717, 1.165) is 19.3 Å². The molecule has 2 fully saturated rings. The third-order valence-electron chi connectivity index (χ3n) is 4.51. The molecule has 1 saturated heterocycles. The predicted octanol–water partition coefficient (Wildman–Crippen LogP) is 1.92. The summed E-state index contributed by atoms with van der Waals surface area (Å²) < 4.78 is 0. The fourth-order valence-corrected chi connectivity index (χ4v) is 3.13. The van der Waals surface area contributed by atoms with Gasteiger partial charge in [0.1, 0.15) is 5.54 Å². The summed E-state index contributed by atoms with van der Waals surface area (Å²) in [4.78, 5) is 27.1. The van der Waals surface area contributed by atoms with Crippen LogP contribution in [0.4, 0.5) is 4.79 Å². The molecule has 2 amide bonds. The van der Waals surface area contributed by atoms with Crippen LogP contribution in [0.2, 0.25) is 0 Å². The van der Waals surface area contributed by atoms with E-state index in [1.807, 2.05) is 0 Å². The van der Waals surface area contributed by atoms with Gasteiger partial charge in [0.2, 0.25) is 0 Å². The summed E-state index contributed by atoms with van der Waals surface area (Å²) in [6.45, 7) is 2.21. The van der Waals surface area contributed by atoms with Crippen molar-refractivity contribution >= 4 is 12.0 Å². The molecule has 1 saturated carbocycles. The van der Waals surface area contributed by atoms with E-state index in [-0.39, 0.29) is 12.1 Å². The fourth-order valence-electron chi connectivity index (χ4n) is 3.13. The predicted molar refractivity (Wildman–Crippen MR) is 67.4 cm³/mol. The van der Waals surface area contributed by atoms with Crippen LogP contribution in [0, 0.1) is 0 Å². The van der Waals surface area contributed by atoms with Crippen LogP contribution in [-0.4, -0.2) is 52.1 Å².